The summed E-state index contributed by atoms with van der Waals surface area (Å²) in [6, 6.07) is 7.06. The van der Waals surface area contributed by atoms with Gasteiger partial charge in [-0.1, -0.05) is 18.2 Å². The van der Waals surface area contributed by atoms with E-state index >= 15 is 0 Å². The molecule has 1 aromatic carbocycles. The summed E-state index contributed by atoms with van der Waals surface area (Å²) in [6.45, 7) is 1.52. The minimum absolute atomic E-state index is 0.0133. The SMILES string of the molecule is CC(=O)c1cccc(-c2nnn[n-]2)c1.[CH3][Sn+]([CH3])[CH3]. The fourth-order valence-corrected chi connectivity index (χ4v) is 1.14. The molecule has 2 aromatic rings. The van der Waals surface area contributed by atoms with Gasteiger partial charge in [0.15, 0.2) is 5.78 Å². The Morgan fingerprint density at radius 1 is 1.28 bits per heavy atom. The zero-order valence-electron chi connectivity index (χ0n) is 11.0. The Kier molecular flexibility index (Phi) is 5.97. The monoisotopic (exact) mass is 352 g/mol. The van der Waals surface area contributed by atoms with Crippen LogP contribution in [0.5, 0.6) is 0 Å². The van der Waals surface area contributed by atoms with Gasteiger partial charge >= 0.3 is 34.6 Å². The van der Waals surface area contributed by atoms with Gasteiger partial charge in [-0.2, -0.15) is 5.21 Å². The Morgan fingerprint density at radius 3 is 2.44 bits per heavy atom. The van der Waals surface area contributed by atoms with Crippen LogP contribution in [0, 0.1) is 0 Å². The van der Waals surface area contributed by atoms with Crippen molar-refractivity contribution in [3.8, 4) is 11.4 Å². The quantitative estimate of drug-likeness (QED) is 0.612. The molecule has 0 aliphatic carbocycles. The number of rotatable bonds is 2. The summed E-state index contributed by atoms with van der Waals surface area (Å²) in [4.78, 5) is 18.2. The number of aromatic nitrogens is 4. The Morgan fingerprint density at radius 2 is 1.94 bits per heavy atom. The maximum absolute atomic E-state index is 11.1. The number of hydrogen-bond acceptors (Lipinski definition) is 4. The number of ketones is 1. The molecule has 0 spiro atoms. The van der Waals surface area contributed by atoms with Gasteiger partial charge in [0.2, 0.25) is 0 Å². The second-order valence-corrected chi connectivity index (χ2v) is 12.9. The van der Waals surface area contributed by atoms with Gasteiger partial charge in [-0.15, -0.1) is 0 Å². The molecule has 0 aliphatic rings. The predicted octanol–water partition coefficient (Wildman–Crippen LogP) is 2.07. The summed E-state index contributed by atoms with van der Waals surface area (Å²) < 4.78 is 0. The van der Waals surface area contributed by atoms with Crippen LogP contribution in [0.1, 0.15) is 17.3 Å². The van der Waals surface area contributed by atoms with Crippen molar-refractivity contribution in [1.82, 2.24) is 20.6 Å². The van der Waals surface area contributed by atoms with Crippen LogP contribution in [-0.2, 0) is 0 Å². The molecule has 94 valence electrons. The molecule has 0 unspecified atom stereocenters. The molecule has 0 atom stereocenters. The molecular weight excluding hydrogens is 335 g/mol. The van der Waals surface area contributed by atoms with E-state index in [0.29, 0.717) is 11.4 Å². The maximum atomic E-state index is 11.1. The molecule has 6 heteroatoms. The Hall–Kier alpha value is -1.24. The van der Waals surface area contributed by atoms with Gasteiger partial charge < -0.3 is 5.10 Å². The van der Waals surface area contributed by atoms with Gasteiger partial charge in [-0.05, 0) is 18.6 Å². The van der Waals surface area contributed by atoms with E-state index in [-0.39, 0.29) is 5.78 Å². The van der Waals surface area contributed by atoms with Crippen molar-refractivity contribution in [1.29, 1.82) is 0 Å². The first kappa shape index (κ1) is 14.8. The minimum atomic E-state index is -0.543. The summed E-state index contributed by atoms with van der Waals surface area (Å²) in [5.74, 6) is 0.451. The number of tetrazole rings is 1. The molecule has 0 bridgehead atoms. The van der Waals surface area contributed by atoms with E-state index in [4.69, 9.17) is 0 Å². The van der Waals surface area contributed by atoms with E-state index < -0.39 is 19.8 Å². The van der Waals surface area contributed by atoms with Crippen LogP contribution in [0.25, 0.3) is 11.4 Å². The van der Waals surface area contributed by atoms with Gasteiger partial charge in [-0.3, -0.25) is 15.1 Å². The average molecular weight is 351 g/mol. The van der Waals surface area contributed by atoms with Gasteiger partial charge in [0.1, 0.15) is 0 Å². The van der Waals surface area contributed by atoms with Gasteiger partial charge in [0.05, 0.1) is 0 Å². The molecule has 0 N–H and O–H groups in total. The van der Waals surface area contributed by atoms with Crippen molar-refractivity contribution in [2.75, 3.05) is 0 Å². The molecule has 0 saturated carbocycles. The first-order valence-corrected chi connectivity index (χ1v) is 14.1. The van der Waals surface area contributed by atoms with Crippen molar-refractivity contribution >= 4 is 25.5 Å². The molecule has 5 nitrogen and oxygen atoms in total. The Bertz CT molecular complexity index is 494. The van der Waals surface area contributed by atoms with E-state index in [2.05, 4.69) is 35.4 Å². The third-order valence-corrected chi connectivity index (χ3v) is 1.85. The van der Waals surface area contributed by atoms with Gasteiger partial charge in [0, 0.05) is 11.4 Å². The van der Waals surface area contributed by atoms with Crippen molar-refractivity contribution < 1.29 is 4.79 Å². The predicted molar refractivity (Wildman–Crippen MR) is 71.9 cm³/mol. The Balaban J connectivity index is 0.000000357. The first-order chi connectivity index (χ1) is 8.50. The van der Waals surface area contributed by atoms with E-state index in [1.54, 1.807) is 18.2 Å². The molecule has 0 saturated heterocycles. The van der Waals surface area contributed by atoms with Crippen LogP contribution in [-0.4, -0.2) is 41.1 Å². The van der Waals surface area contributed by atoms with Crippen LogP contribution in [0.3, 0.4) is 0 Å². The van der Waals surface area contributed by atoms with Gasteiger partial charge in [0.25, 0.3) is 0 Å². The van der Waals surface area contributed by atoms with E-state index in [9.17, 15) is 4.79 Å². The van der Waals surface area contributed by atoms with E-state index in [1.807, 2.05) is 6.07 Å². The third kappa shape index (κ3) is 4.95. The van der Waals surface area contributed by atoms with Crippen LogP contribution >= 0.6 is 0 Å². The number of benzene rings is 1. The Labute approximate surface area is 114 Å². The van der Waals surface area contributed by atoms with Crippen LogP contribution in [0.4, 0.5) is 0 Å². The summed E-state index contributed by atoms with van der Waals surface area (Å²) in [5.41, 5.74) is 1.38. The fourth-order valence-electron chi connectivity index (χ4n) is 1.14. The number of carbonyl (C=O) groups is 1. The molecule has 0 radical (unpaired) electrons. The zero-order chi connectivity index (χ0) is 13.5. The first-order valence-electron chi connectivity index (χ1n) is 5.57. The van der Waals surface area contributed by atoms with Crippen molar-refractivity contribution in [2.45, 2.75) is 21.7 Å². The topological polar surface area (TPSA) is 69.8 Å². The molecule has 0 amide bonds. The standard InChI is InChI=1S/C9H7N4O.3CH3.Sn/c1-6(14)7-3-2-4-8(5-7)9-10-12-13-11-9;;;;/h2-5H,1H3;3*1H3;/q-1;;;;+1. The van der Waals surface area contributed by atoms with Crippen molar-refractivity contribution in [2.24, 2.45) is 0 Å². The third-order valence-electron chi connectivity index (χ3n) is 1.85. The van der Waals surface area contributed by atoms with Crippen LogP contribution < -0.4 is 5.10 Å². The second kappa shape index (κ2) is 7.25. The van der Waals surface area contributed by atoms with Crippen LogP contribution in [0.2, 0.25) is 14.8 Å². The molecule has 1 heterocycles. The van der Waals surface area contributed by atoms with E-state index in [0.717, 1.165) is 5.56 Å². The summed E-state index contributed by atoms with van der Waals surface area (Å²) in [5, 5.41) is 14.2. The second-order valence-electron chi connectivity index (χ2n) is 4.34. The van der Waals surface area contributed by atoms with Crippen molar-refractivity contribution in [3.63, 3.8) is 0 Å². The molecule has 18 heavy (non-hydrogen) atoms. The molecular formula is C12H16N4OSn. The molecule has 2 rings (SSSR count). The summed E-state index contributed by atoms with van der Waals surface area (Å²) in [6.07, 6.45) is 0. The zero-order valence-corrected chi connectivity index (χ0v) is 13.9. The fraction of sp³-hybridized carbons (Fsp3) is 0.333. The summed E-state index contributed by atoms with van der Waals surface area (Å²) >= 11 is -0.543. The number of Topliss-reactive ketones (excluding diaryl/α,β-unsaturated/α-hetero) is 1. The normalized spacial score (nSPS) is 9.33. The van der Waals surface area contributed by atoms with Crippen molar-refractivity contribution in [3.05, 3.63) is 29.8 Å². The molecule has 1 aromatic heterocycles. The number of nitrogens with zero attached hydrogens (tertiary/aromatic N) is 4. The van der Waals surface area contributed by atoms with Gasteiger partial charge in [-0.25, -0.2) is 0 Å². The number of carbonyl (C=O) groups excluding carboxylic acids is 1. The average Bonchev–Trinajstić information content (AvgIpc) is 2.82. The van der Waals surface area contributed by atoms with E-state index in [1.165, 1.54) is 6.92 Å². The number of hydrogen-bond donors (Lipinski definition) is 0. The van der Waals surface area contributed by atoms with Crippen LogP contribution in [0.15, 0.2) is 24.3 Å². The molecule has 0 aliphatic heterocycles. The summed E-state index contributed by atoms with van der Waals surface area (Å²) in [7, 11) is 0. The molecule has 0 fully saturated rings.